The van der Waals surface area contributed by atoms with Crippen LogP contribution < -0.4 is 0 Å². The van der Waals surface area contributed by atoms with Gasteiger partial charge in [-0.1, -0.05) is 0 Å². The molecule has 1 aliphatic heterocycles. The van der Waals surface area contributed by atoms with Crippen LogP contribution in [0.15, 0.2) is 0 Å². The number of hydrogen-bond acceptors (Lipinski definition) is 3. The summed E-state index contributed by atoms with van der Waals surface area (Å²) in [6.07, 6.45) is 2.55. The molecule has 0 bridgehead atoms. The molecular formula is C8H16O3. The summed E-state index contributed by atoms with van der Waals surface area (Å²) in [5.41, 5.74) is 0. The Balaban J connectivity index is 2.31. The van der Waals surface area contributed by atoms with Gasteiger partial charge < -0.3 is 14.2 Å². The van der Waals surface area contributed by atoms with Crippen molar-refractivity contribution < 1.29 is 14.2 Å². The van der Waals surface area contributed by atoms with E-state index in [2.05, 4.69) is 0 Å². The summed E-state index contributed by atoms with van der Waals surface area (Å²) in [5.74, 6) is 0. The van der Waals surface area contributed by atoms with Crippen LogP contribution in [0.5, 0.6) is 0 Å². The van der Waals surface area contributed by atoms with Gasteiger partial charge in [0.25, 0.3) is 0 Å². The van der Waals surface area contributed by atoms with Gasteiger partial charge in [-0.25, -0.2) is 0 Å². The van der Waals surface area contributed by atoms with Gasteiger partial charge in [-0.2, -0.15) is 0 Å². The molecule has 0 amide bonds. The summed E-state index contributed by atoms with van der Waals surface area (Å²) in [7, 11) is 3.41. The SMILES string of the molecule is COCC1OCCC[C@@H]1OC. The maximum Gasteiger partial charge on any atom is 0.107 e. The lowest BCUT2D eigenvalue weighted by Crippen LogP contribution is -2.38. The van der Waals surface area contributed by atoms with E-state index in [0.717, 1.165) is 19.4 Å². The molecule has 0 aliphatic carbocycles. The second kappa shape index (κ2) is 4.70. The molecule has 3 heteroatoms. The molecule has 0 radical (unpaired) electrons. The van der Waals surface area contributed by atoms with Crippen LogP contribution in [0.25, 0.3) is 0 Å². The smallest absolute Gasteiger partial charge is 0.107 e. The molecule has 11 heavy (non-hydrogen) atoms. The fourth-order valence-electron chi connectivity index (χ4n) is 1.40. The Hall–Kier alpha value is -0.120. The van der Waals surface area contributed by atoms with E-state index < -0.39 is 0 Å². The van der Waals surface area contributed by atoms with Gasteiger partial charge in [0.1, 0.15) is 6.10 Å². The van der Waals surface area contributed by atoms with Crippen molar-refractivity contribution in [1.29, 1.82) is 0 Å². The molecule has 0 N–H and O–H groups in total. The maximum absolute atomic E-state index is 5.47. The number of ether oxygens (including phenoxy) is 3. The summed E-state index contributed by atoms with van der Waals surface area (Å²) in [5, 5.41) is 0. The molecule has 0 aromatic carbocycles. The fourth-order valence-corrected chi connectivity index (χ4v) is 1.40. The van der Waals surface area contributed by atoms with E-state index in [-0.39, 0.29) is 12.2 Å². The third kappa shape index (κ3) is 2.43. The minimum atomic E-state index is 0.138. The Kier molecular flexibility index (Phi) is 3.83. The van der Waals surface area contributed by atoms with Gasteiger partial charge in [-0.15, -0.1) is 0 Å². The molecule has 66 valence electrons. The van der Waals surface area contributed by atoms with Crippen molar-refractivity contribution in [2.75, 3.05) is 27.4 Å². The van der Waals surface area contributed by atoms with Crippen molar-refractivity contribution in [3.8, 4) is 0 Å². The van der Waals surface area contributed by atoms with E-state index in [9.17, 15) is 0 Å². The highest BCUT2D eigenvalue weighted by atomic mass is 16.6. The van der Waals surface area contributed by atoms with E-state index in [4.69, 9.17) is 14.2 Å². The van der Waals surface area contributed by atoms with Crippen LogP contribution in [0, 0.1) is 0 Å². The molecule has 1 rings (SSSR count). The average molecular weight is 160 g/mol. The second-order valence-electron chi connectivity index (χ2n) is 2.78. The van der Waals surface area contributed by atoms with Crippen LogP contribution in [0.2, 0.25) is 0 Å². The van der Waals surface area contributed by atoms with Crippen molar-refractivity contribution in [2.24, 2.45) is 0 Å². The first-order valence-corrected chi connectivity index (χ1v) is 4.02. The molecule has 0 aromatic heterocycles. The fraction of sp³-hybridized carbons (Fsp3) is 1.00. The van der Waals surface area contributed by atoms with Crippen molar-refractivity contribution in [3.05, 3.63) is 0 Å². The molecule has 0 saturated carbocycles. The molecule has 2 atom stereocenters. The topological polar surface area (TPSA) is 27.7 Å². The molecule has 1 saturated heterocycles. The lowest BCUT2D eigenvalue weighted by molar-refractivity contribution is -0.114. The van der Waals surface area contributed by atoms with Crippen LogP contribution >= 0.6 is 0 Å². The zero-order valence-electron chi connectivity index (χ0n) is 7.21. The number of methoxy groups -OCH3 is 2. The molecule has 1 heterocycles. The monoisotopic (exact) mass is 160 g/mol. The van der Waals surface area contributed by atoms with Crippen molar-refractivity contribution in [3.63, 3.8) is 0 Å². The minimum absolute atomic E-state index is 0.138. The Morgan fingerprint density at radius 1 is 1.45 bits per heavy atom. The van der Waals surface area contributed by atoms with Gasteiger partial charge in [0.15, 0.2) is 0 Å². The van der Waals surface area contributed by atoms with Crippen LogP contribution in [-0.2, 0) is 14.2 Å². The van der Waals surface area contributed by atoms with Crippen molar-refractivity contribution in [2.45, 2.75) is 25.0 Å². The Morgan fingerprint density at radius 3 is 2.91 bits per heavy atom. The lowest BCUT2D eigenvalue weighted by atomic mass is 10.1. The van der Waals surface area contributed by atoms with Gasteiger partial charge >= 0.3 is 0 Å². The van der Waals surface area contributed by atoms with Crippen LogP contribution in [0.4, 0.5) is 0 Å². The summed E-state index contributed by atoms with van der Waals surface area (Å²) in [4.78, 5) is 0. The second-order valence-corrected chi connectivity index (χ2v) is 2.78. The van der Waals surface area contributed by atoms with E-state index >= 15 is 0 Å². The van der Waals surface area contributed by atoms with Gasteiger partial charge in [-0.3, -0.25) is 0 Å². The normalized spacial score (nSPS) is 32.2. The first kappa shape index (κ1) is 8.97. The molecule has 0 aromatic rings. The predicted molar refractivity (Wildman–Crippen MR) is 41.6 cm³/mol. The van der Waals surface area contributed by atoms with Gasteiger partial charge in [0.2, 0.25) is 0 Å². The highest BCUT2D eigenvalue weighted by molar-refractivity contribution is 4.74. The highest BCUT2D eigenvalue weighted by Gasteiger charge is 2.25. The van der Waals surface area contributed by atoms with E-state index in [1.54, 1.807) is 14.2 Å². The minimum Gasteiger partial charge on any atom is -0.382 e. The van der Waals surface area contributed by atoms with Gasteiger partial charge in [0.05, 0.1) is 12.7 Å². The van der Waals surface area contributed by atoms with Crippen LogP contribution in [-0.4, -0.2) is 39.6 Å². The summed E-state index contributed by atoms with van der Waals surface area (Å²) < 4.78 is 15.7. The van der Waals surface area contributed by atoms with E-state index in [1.165, 1.54) is 0 Å². The maximum atomic E-state index is 5.47. The van der Waals surface area contributed by atoms with E-state index in [0.29, 0.717) is 6.61 Å². The average Bonchev–Trinajstić information content (AvgIpc) is 2.06. The first-order valence-electron chi connectivity index (χ1n) is 4.02. The lowest BCUT2D eigenvalue weighted by Gasteiger charge is -2.29. The zero-order chi connectivity index (χ0) is 8.10. The quantitative estimate of drug-likeness (QED) is 0.612. The third-order valence-corrected chi connectivity index (χ3v) is 2.01. The number of rotatable bonds is 3. The Bertz CT molecular complexity index is 104. The third-order valence-electron chi connectivity index (χ3n) is 2.01. The van der Waals surface area contributed by atoms with E-state index in [1.807, 2.05) is 0 Å². The first-order chi connectivity index (χ1) is 5.38. The Labute approximate surface area is 67.6 Å². The molecule has 1 aliphatic rings. The van der Waals surface area contributed by atoms with Crippen molar-refractivity contribution in [1.82, 2.24) is 0 Å². The highest BCUT2D eigenvalue weighted by Crippen LogP contribution is 2.16. The zero-order valence-corrected chi connectivity index (χ0v) is 7.21. The number of hydrogen-bond donors (Lipinski definition) is 0. The molecular weight excluding hydrogens is 144 g/mol. The largest absolute Gasteiger partial charge is 0.382 e. The standard InChI is InChI=1S/C8H16O3/c1-9-6-8-7(10-2)4-3-5-11-8/h7-8H,3-6H2,1-2H3/t7-,8?/m0/s1. The summed E-state index contributed by atoms with van der Waals surface area (Å²) >= 11 is 0. The Morgan fingerprint density at radius 2 is 2.27 bits per heavy atom. The van der Waals surface area contributed by atoms with Crippen molar-refractivity contribution >= 4 is 0 Å². The van der Waals surface area contributed by atoms with Gasteiger partial charge in [-0.05, 0) is 12.8 Å². The molecule has 1 fully saturated rings. The molecule has 0 spiro atoms. The molecule has 3 nitrogen and oxygen atoms in total. The van der Waals surface area contributed by atoms with Crippen LogP contribution in [0.1, 0.15) is 12.8 Å². The molecule has 1 unspecified atom stereocenters. The predicted octanol–water partition coefficient (Wildman–Crippen LogP) is 0.827. The summed E-state index contributed by atoms with van der Waals surface area (Å²) in [6, 6.07) is 0. The van der Waals surface area contributed by atoms with Crippen LogP contribution in [0.3, 0.4) is 0 Å². The van der Waals surface area contributed by atoms with Gasteiger partial charge in [0, 0.05) is 20.8 Å². The summed E-state index contributed by atoms with van der Waals surface area (Å²) in [6.45, 7) is 1.48.